The molecule has 1 aliphatic carbocycles. The third kappa shape index (κ3) is 2.12. The van der Waals surface area contributed by atoms with Crippen LogP contribution in [0.5, 0.6) is 0 Å². The lowest BCUT2D eigenvalue weighted by molar-refractivity contribution is 0.241. The molecule has 0 amide bonds. The molecule has 0 spiro atoms. The van der Waals surface area contributed by atoms with Gasteiger partial charge in [0.05, 0.1) is 0 Å². The van der Waals surface area contributed by atoms with Crippen LogP contribution >= 0.6 is 12.4 Å². The summed E-state index contributed by atoms with van der Waals surface area (Å²) in [6.07, 6.45) is 11.9. The Morgan fingerprint density at radius 3 is 2.93 bits per heavy atom. The minimum Gasteiger partial charge on any atom is -0.311 e. The Balaban J connectivity index is 0.000000853. The second-order valence-electron chi connectivity index (χ2n) is 4.67. The van der Waals surface area contributed by atoms with Crippen molar-refractivity contribution in [2.45, 2.75) is 24.9 Å². The van der Waals surface area contributed by atoms with Gasteiger partial charge in [-0.25, -0.2) is 0 Å². The summed E-state index contributed by atoms with van der Waals surface area (Å²) in [6.45, 7) is 3.59. The van der Waals surface area contributed by atoms with E-state index in [0.29, 0.717) is 6.04 Å². The van der Waals surface area contributed by atoms with E-state index in [9.17, 15) is 0 Å². The van der Waals surface area contributed by atoms with Crippen LogP contribution in [0.15, 0.2) is 24.3 Å². The summed E-state index contributed by atoms with van der Waals surface area (Å²) in [7, 11) is 0. The Morgan fingerprint density at radius 2 is 2.00 bits per heavy atom. The lowest BCUT2D eigenvalue weighted by Gasteiger charge is -2.28. The van der Waals surface area contributed by atoms with Crippen LogP contribution in [-0.4, -0.2) is 36.6 Å². The van der Waals surface area contributed by atoms with Crippen molar-refractivity contribution in [3.8, 4) is 0 Å². The van der Waals surface area contributed by atoms with Crippen LogP contribution in [0, 0.1) is 5.92 Å². The number of nitrogens with one attached hydrogen (secondary N) is 1. The molecular formula is C12H19ClN2. The van der Waals surface area contributed by atoms with E-state index in [0.717, 1.165) is 18.5 Å². The average molecular weight is 227 g/mol. The molecular weight excluding hydrogens is 208 g/mol. The topological polar surface area (TPSA) is 15.3 Å². The molecule has 15 heavy (non-hydrogen) atoms. The van der Waals surface area contributed by atoms with Gasteiger partial charge in [-0.3, -0.25) is 4.90 Å². The summed E-state index contributed by atoms with van der Waals surface area (Å²) in [5, 5.41) is 3.71. The number of halogens is 1. The van der Waals surface area contributed by atoms with E-state index in [1.807, 2.05) is 0 Å². The average Bonchev–Trinajstić information content (AvgIpc) is 2.58. The van der Waals surface area contributed by atoms with Crippen molar-refractivity contribution in [3.05, 3.63) is 24.3 Å². The van der Waals surface area contributed by atoms with Crippen LogP contribution in [0.25, 0.3) is 0 Å². The van der Waals surface area contributed by atoms with Gasteiger partial charge in [0.2, 0.25) is 0 Å². The maximum absolute atomic E-state index is 3.71. The molecule has 0 aromatic rings. The monoisotopic (exact) mass is 226 g/mol. The molecule has 3 rings (SSSR count). The summed E-state index contributed by atoms with van der Waals surface area (Å²) < 4.78 is 0. The number of hydrogen-bond donors (Lipinski definition) is 1. The molecule has 84 valence electrons. The molecule has 1 fully saturated rings. The van der Waals surface area contributed by atoms with E-state index in [-0.39, 0.29) is 12.4 Å². The highest BCUT2D eigenvalue weighted by Crippen LogP contribution is 2.25. The third-order valence-corrected chi connectivity index (χ3v) is 3.79. The maximum atomic E-state index is 3.71. The Kier molecular flexibility index (Phi) is 3.49. The van der Waals surface area contributed by atoms with E-state index >= 15 is 0 Å². The van der Waals surface area contributed by atoms with Gasteiger partial charge >= 0.3 is 0 Å². The maximum Gasteiger partial charge on any atom is 0.0407 e. The first-order valence-corrected chi connectivity index (χ1v) is 5.72. The molecule has 2 heterocycles. The third-order valence-electron chi connectivity index (χ3n) is 3.79. The quantitative estimate of drug-likeness (QED) is 0.632. The molecule has 2 nitrogen and oxygen atoms in total. The zero-order valence-corrected chi connectivity index (χ0v) is 9.75. The molecule has 0 bridgehead atoms. The standard InChI is InChI=1S/C12H18N2.ClH/c1-2-6-12-10(4-1)9-14-7-3-5-11(14)8-13-12;/h1-3,5,10-13H,4,6-9H2;1H. The van der Waals surface area contributed by atoms with Gasteiger partial charge in [0.25, 0.3) is 0 Å². The lowest BCUT2D eigenvalue weighted by atomic mass is 9.89. The van der Waals surface area contributed by atoms with E-state index in [4.69, 9.17) is 0 Å². The number of rotatable bonds is 0. The van der Waals surface area contributed by atoms with Crippen molar-refractivity contribution >= 4 is 12.4 Å². The first kappa shape index (κ1) is 11.2. The van der Waals surface area contributed by atoms with Crippen molar-refractivity contribution in [3.63, 3.8) is 0 Å². The SMILES string of the molecule is C1=CCC2NCC3C=CCN3CC2C1.Cl. The summed E-state index contributed by atoms with van der Waals surface area (Å²) in [6, 6.07) is 1.40. The van der Waals surface area contributed by atoms with E-state index in [2.05, 4.69) is 34.5 Å². The normalized spacial score (nSPS) is 39.1. The Bertz CT molecular complexity index is 275. The van der Waals surface area contributed by atoms with Crippen LogP contribution in [0.2, 0.25) is 0 Å². The minimum absolute atomic E-state index is 0. The van der Waals surface area contributed by atoms with E-state index in [1.54, 1.807) is 0 Å². The van der Waals surface area contributed by atoms with Gasteiger partial charge < -0.3 is 5.32 Å². The number of fused-ring (bicyclic) bond motifs is 2. The van der Waals surface area contributed by atoms with Crippen LogP contribution in [0.4, 0.5) is 0 Å². The van der Waals surface area contributed by atoms with Gasteiger partial charge in [0.1, 0.15) is 0 Å². The van der Waals surface area contributed by atoms with Crippen LogP contribution in [-0.2, 0) is 0 Å². The van der Waals surface area contributed by atoms with Gasteiger partial charge in [0, 0.05) is 31.7 Å². The summed E-state index contributed by atoms with van der Waals surface area (Å²) in [5.74, 6) is 0.838. The van der Waals surface area contributed by atoms with Crippen LogP contribution in [0.1, 0.15) is 12.8 Å². The minimum atomic E-state index is 0. The van der Waals surface area contributed by atoms with Gasteiger partial charge in [-0.2, -0.15) is 0 Å². The Morgan fingerprint density at radius 1 is 1.13 bits per heavy atom. The highest BCUT2D eigenvalue weighted by molar-refractivity contribution is 5.85. The molecule has 3 aliphatic rings. The highest BCUT2D eigenvalue weighted by Gasteiger charge is 2.31. The fourth-order valence-corrected chi connectivity index (χ4v) is 2.91. The van der Waals surface area contributed by atoms with Crippen molar-refractivity contribution in [1.82, 2.24) is 10.2 Å². The second-order valence-corrected chi connectivity index (χ2v) is 4.67. The summed E-state index contributed by atoms with van der Waals surface area (Å²) in [4.78, 5) is 2.61. The first-order chi connectivity index (χ1) is 6.93. The molecule has 1 N–H and O–H groups in total. The van der Waals surface area contributed by atoms with Crippen LogP contribution in [0.3, 0.4) is 0 Å². The molecule has 0 aromatic carbocycles. The van der Waals surface area contributed by atoms with E-state index < -0.39 is 0 Å². The molecule has 3 unspecified atom stereocenters. The molecule has 0 saturated carbocycles. The summed E-state index contributed by atoms with van der Waals surface area (Å²) >= 11 is 0. The predicted octanol–water partition coefficient (Wildman–Crippen LogP) is 1.59. The Hall–Kier alpha value is -0.310. The van der Waals surface area contributed by atoms with Crippen molar-refractivity contribution in [1.29, 1.82) is 0 Å². The van der Waals surface area contributed by atoms with Gasteiger partial charge in [-0.05, 0) is 18.8 Å². The van der Waals surface area contributed by atoms with Crippen LogP contribution < -0.4 is 5.32 Å². The highest BCUT2D eigenvalue weighted by atomic mass is 35.5. The van der Waals surface area contributed by atoms with Gasteiger partial charge in [-0.15, -0.1) is 12.4 Å². The zero-order chi connectivity index (χ0) is 9.38. The molecule has 0 aromatic heterocycles. The number of nitrogens with zero attached hydrogens (tertiary/aromatic N) is 1. The van der Waals surface area contributed by atoms with Crippen molar-refractivity contribution < 1.29 is 0 Å². The largest absolute Gasteiger partial charge is 0.311 e. The smallest absolute Gasteiger partial charge is 0.0407 e. The Labute approximate surface area is 97.8 Å². The number of hydrogen-bond acceptors (Lipinski definition) is 2. The van der Waals surface area contributed by atoms with Gasteiger partial charge in [-0.1, -0.05) is 24.3 Å². The summed E-state index contributed by atoms with van der Waals surface area (Å²) in [5.41, 5.74) is 0. The fourth-order valence-electron chi connectivity index (χ4n) is 2.91. The molecule has 0 radical (unpaired) electrons. The van der Waals surface area contributed by atoms with Gasteiger partial charge in [0.15, 0.2) is 0 Å². The van der Waals surface area contributed by atoms with Crippen molar-refractivity contribution in [2.24, 2.45) is 5.92 Å². The number of allylic oxidation sites excluding steroid dienone is 1. The first-order valence-electron chi connectivity index (χ1n) is 5.72. The van der Waals surface area contributed by atoms with Crippen molar-refractivity contribution in [2.75, 3.05) is 19.6 Å². The van der Waals surface area contributed by atoms with E-state index in [1.165, 1.54) is 25.9 Å². The molecule has 3 atom stereocenters. The fraction of sp³-hybridized carbons (Fsp3) is 0.667. The molecule has 3 heteroatoms. The second kappa shape index (κ2) is 4.69. The zero-order valence-electron chi connectivity index (χ0n) is 8.93. The lowest BCUT2D eigenvalue weighted by Crippen LogP contribution is -2.38. The predicted molar refractivity (Wildman–Crippen MR) is 65.4 cm³/mol. The molecule has 1 saturated heterocycles. The molecule has 2 aliphatic heterocycles.